The first-order chi connectivity index (χ1) is 12.8. The second-order valence-electron chi connectivity index (χ2n) is 5.80. The maximum atomic E-state index is 12.8. The minimum Gasteiger partial charge on any atom is -0.357 e. The summed E-state index contributed by atoms with van der Waals surface area (Å²) >= 11 is 19.3. The molecule has 0 saturated heterocycles. The van der Waals surface area contributed by atoms with E-state index in [0.29, 0.717) is 15.1 Å². The highest BCUT2D eigenvalue weighted by molar-refractivity contribution is 8.00. The van der Waals surface area contributed by atoms with Gasteiger partial charge in [0.15, 0.2) is 0 Å². The number of hydrogen-bond donors (Lipinski definition) is 1. The summed E-state index contributed by atoms with van der Waals surface area (Å²) in [5, 5.41) is 4.07. The molecule has 1 N–H and O–H groups in total. The van der Waals surface area contributed by atoms with Crippen molar-refractivity contribution in [3.05, 3.63) is 63.1 Å². The Labute approximate surface area is 178 Å². The Morgan fingerprint density at radius 3 is 2.33 bits per heavy atom. The minimum atomic E-state index is -0.622. The van der Waals surface area contributed by atoms with Gasteiger partial charge in [-0.3, -0.25) is 9.59 Å². The lowest BCUT2D eigenvalue weighted by Gasteiger charge is -2.28. The molecule has 0 bridgehead atoms. The van der Waals surface area contributed by atoms with Crippen LogP contribution in [0.1, 0.15) is 12.5 Å². The number of benzene rings is 2. The molecule has 27 heavy (non-hydrogen) atoms. The van der Waals surface area contributed by atoms with Gasteiger partial charge in [-0.2, -0.15) is 0 Å². The van der Waals surface area contributed by atoms with Gasteiger partial charge in [-0.15, -0.1) is 11.8 Å². The van der Waals surface area contributed by atoms with Crippen LogP contribution in [0.25, 0.3) is 0 Å². The first-order valence-electron chi connectivity index (χ1n) is 8.15. The summed E-state index contributed by atoms with van der Waals surface area (Å²) in [4.78, 5) is 27.4. The van der Waals surface area contributed by atoms with Crippen LogP contribution >= 0.6 is 46.6 Å². The van der Waals surface area contributed by atoms with Crippen LogP contribution in [0.15, 0.2) is 47.4 Å². The number of carbonyl (C=O) groups excluding carboxylic acids is 2. The van der Waals surface area contributed by atoms with Crippen molar-refractivity contribution < 1.29 is 9.59 Å². The molecule has 2 aromatic carbocycles. The van der Waals surface area contributed by atoms with Crippen LogP contribution in [0.2, 0.25) is 15.1 Å². The van der Waals surface area contributed by atoms with Gasteiger partial charge in [-0.25, -0.2) is 0 Å². The molecule has 0 unspecified atom stereocenters. The molecular weight excluding hydrogens is 427 g/mol. The molecule has 2 aromatic rings. The zero-order valence-corrected chi connectivity index (χ0v) is 17.9. The Kier molecular flexibility index (Phi) is 8.29. The predicted molar refractivity (Wildman–Crippen MR) is 113 cm³/mol. The molecule has 0 saturated carbocycles. The zero-order chi connectivity index (χ0) is 20.0. The third-order valence-electron chi connectivity index (χ3n) is 3.93. The summed E-state index contributed by atoms with van der Waals surface area (Å²) < 4.78 is 0. The molecule has 0 aromatic heterocycles. The molecule has 0 aliphatic rings. The lowest BCUT2D eigenvalue weighted by atomic mass is 10.1. The second-order valence-corrected chi connectivity index (χ2v) is 8.10. The van der Waals surface area contributed by atoms with E-state index in [2.05, 4.69) is 5.32 Å². The highest BCUT2D eigenvalue weighted by atomic mass is 35.5. The van der Waals surface area contributed by atoms with Crippen LogP contribution in [0, 0.1) is 0 Å². The number of halogens is 3. The molecule has 4 nitrogen and oxygen atoms in total. The highest BCUT2D eigenvalue weighted by Gasteiger charge is 2.25. The van der Waals surface area contributed by atoms with E-state index < -0.39 is 6.04 Å². The third kappa shape index (κ3) is 6.32. The van der Waals surface area contributed by atoms with Crippen LogP contribution in [-0.4, -0.2) is 35.6 Å². The molecule has 1 atom stereocenters. The fraction of sp³-hybridized carbons (Fsp3) is 0.263. The van der Waals surface area contributed by atoms with Crippen molar-refractivity contribution >= 4 is 58.4 Å². The average molecular weight is 446 g/mol. The first-order valence-corrected chi connectivity index (χ1v) is 10.3. The van der Waals surface area contributed by atoms with Crippen LogP contribution in [0.4, 0.5) is 0 Å². The number of nitrogens with one attached hydrogen (secondary N) is 1. The normalized spacial score (nSPS) is 11.7. The summed E-state index contributed by atoms with van der Waals surface area (Å²) in [5.41, 5.74) is 0.796. The molecule has 0 heterocycles. The number of rotatable bonds is 7. The van der Waals surface area contributed by atoms with Gasteiger partial charge in [0, 0.05) is 23.5 Å². The summed E-state index contributed by atoms with van der Waals surface area (Å²) in [5.74, 6) is -0.193. The summed E-state index contributed by atoms with van der Waals surface area (Å²) in [6, 6.07) is 11.8. The molecule has 0 aliphatic heterocycles. The van der Waals surface area contributed by atoms with Gasteiger partial charge in [0.25, 0.3) is 0 Å². The number of nitrogens with zero attached hydrogens (tertiary/aromatic N) is 1. The van der Waals surface area contributed by atoms with Gasteiger partial charge in [0.2, 0.25) is 11.8 Å². The summed E-state index contributed by atoms with van der Waals surface area (Å²) in [7, 11) is 1.54. The summed E-state index contributed by atoms with van der Waals surface area (Å²) in [6.45, 7) is 1.95. The van der Waals surface area contributed by atoms with Crippen LogP contribution in [0.3, 0.4) is 0 Å². The Balaban J connectivity index is 2.14. The quantitative estimate of drug-likeness (QED) is 0.617. The first kappa shape index (κ1) is 21.9. The van der Waals surface area contributed by atoms with Gasteiger partial charge in [0.05, 0.1) is 15.8 Å². The van der Waals surface area contributed by atoms with Crippen molar-refractivity contribution in [1.82, 2.24) is 10.2 Å². The van der Waals surface area contributed by atoms with Crippen molar-refractivity contribution in [2.45, 2.75) is 24.4 Å². The van der Waals surface area contributed by atoms with E-state index in [-0.39, 0.29) is 24.1 Å². The molecule has 0 aliphatic carbocycles. The number of carbonyl (C=O) groups is 2. The predicted octanol–water partition coefficient (Wildman–Crippen LogP) is 4.90. The van der Waals surface area contributed by atoms with Crippen molar-refractivity contribution in [2.75, 3.05) is 12.8 Å². The molecule has 2 rings (SSSR count). The average Bonchev–Trinajstić information content (AvgIpc) is 2.67. The van der Waals surface area contributed by atoms with E-state index in [0.717, 1.165) is 10.5 Å². The number of hydrogen-bond acceptors (Lipinski definition) is 3. The fourth-order valence-corrected chi connectivity index (χ4v) is 3.62. The van der Waals surface area contributed by atoms with Gasteiger partial charge >= 0.3 is 0 Å². The standard InChI is InChI=1S/C19H19Cl3N2O2S/c1-12(19(26)23-2)24(10-13-3-8-16(21)17(22)9-13)18(25)11-27-15-6-4-14(20)5-7-15/h3-9,12H,10-11H2,1-2H3,(H,23,26)/t12-/m0/s1. The number of amides is 2. The Bertz CT molecular complexity index is 815. The van der Waals surface area contributed by atoms with Gasteiger partial charge in [-0.1, -0.05) is 40.9 Å². The maximum absolute atomic E-state index is 12.8. The smallest absolute Gasteiger partial charge is 0.242 e. The van der Waals surface area contributed by atoms with E-state index in [1.807, 2.05) is 12.1 Å². The molecule has 144 valence electrons. The van der Waals surface area contributed by atoms with Crippen LogP contribution < -0.4 is 5.32 Å². The third-order valence-corrected chi connectivity index (χ3v) is 5.91. The Morgan fingerprint density at radius 1 is 1.07 bits per heavy atom. The molecular formula is C19H19Cl3N2O2S. The zero-order valence-electron chi connectivity index (χ0n) is 14.8. The van der Waals surface area contributed by atoms with Crippen molar-refractivity contribution in [2.24, 2.45) is 0 Å². The SMILES string of the molecule is CNC(=O)[C@H](C)N(Cc1ccc(Cl)c(Cl)c1)C(=O)CSc1ccc(Cl)cc1. The molecule has 2 amide bonds. The Morgan fingerprint density at radius 2 is 1.74 bits per heavy atom. The van der Waals surface area contributed by atoms with E-state index >= 15 is 0 Å². The van der Waals surface area contributed by atoms with Crippen molar-refractivity contribution in [3.8, 4) is 0 Å². The molecule has 0 spiro atoms. The Hall–Kier alpha value is -1.40. The van der Waals surface area contributed by atoms with E-state index in [9.17, 15) is 9.59 Å². The maximum Gasteiger partial charge on any atom is 0.242 e. The van der Waals surface area contributed by atoms with Gasteiger partial charge in [0.1, 0.15) is 6.04 Å². The van der Waals surface area contributed by atoms with Crippen LogP contribution in [-0.2, 0) is 16.1 Å². The number of thioether (sulfide) groups is 1. The summed E-state index contributed by atoms with van der Waals surface area (Å²) in [6.07, 6.45) is 0. The van der Waals surface area contributed by atoms with E-state index in [1.165, 1.54) is 16.7 Å². The molecule has 8 heteroatoms. The monoisotopic (exact) mass is 444 g/mol. The second kappa shape index (κ2) is 10.2. The van der Waals surface area contributed by atoms with Gasteiger partial charge in [-0.05, 0) is 48.9 Å². The lowest BCUT2D eigenvalue weighted by Crippen LogP contribution is -2.47. The van der Waals surface area contributed by atoms with Crippen molar-refractivity contribution in [1.29, 1.82) is 0 Å². The van der Waals surface area contributed by atoms with Gasteiger partial charge < -0.3 is 10.2 Å². The van der Waals surface area contributed by atoms with Crippen molar-refractivity contribution in [3.63, 3.8) is 0 Å². The molecule has 0 radical (unpaired) electrons. The van der Waals surface area contributed by atoms with Crippen LogP contribution in [0.5, 0.6) is 0 Å². The highest BCUT2D eigenvalue weighted by Crippen LogP contribution is 2.25. The van der Waals surface area contributed by atoms with E-state index in [4.69, 9.17) is 34.8 Å². The van der Waals surface area contributed by atoms with E-state index in [1.54, 1.807) is 44.3 Å². The topological polar surface area (TPSA) is 49.4 Å². The largest absolute Gasteiger partial charge is 0.357 e. The number of likely N-dealkylation sites (N-methyl/N-ethyl adjacent to an activating group) is 1. The minimum absolute atomic E-state index is 0.155. The molecule has 0 fully saturated rings. The lowest BCUT2D eigenvalue weighted by molar-refractivity contribution is -0.138. The fourth-order valence-electron chi connectivity index (χ4n) is 2.39.